The Balaban J connectivity index is 1.63. The van der Waals surface area contributed by atoms with Crippen LogP contribution in [0.2, 0.25) is 0 Å². The highest BCUT2D eigenvalue weighted by atomic mass is 16.6. The molecule has 0 unspecified atom stereocenters. The maximum absolute atomic E-state index is 12.9. The fraction of sp³-hybridized carbons (Fsp3) is 0.0714. The molecule has 4 rings (SSSR count). The minimum absolute atomic E-state index is 0.0151. The first-order valence-electron chi connectivity index (χ1n) is 11.3. The number of carboxylic acids is 1. The Morgan fingerprint density at radius 2 is 1.37 bits per heavy atom. The molecule has 1 heterocycles. The molecule has 3 aromatic carbocycles. The van der Waals surface area contributed by atoms with E-state index in [-0.39, 0.29) is 40.1 Å². The quantitative estimate of drug-likeness (QED) is 0.214. The van der Waals surface area contributed by atoms with Gasteiger partial charge in [-0.05, 0) is 65.7 Å². The Hall–Kier alpha value is -5.12. The molecule has 3 N–H and O–H groups in total. The molecule has 3 aromatic rings. The molecule has 192 valence electrons. The minimum atomic E-state index is -1.11. The molecular formula is C28H23BO9. The molecule has 1 aliphatic heterocycles. The lowest BCUT2D eigenvalue weighted by Gasteiger charge is -2.07. The van der Waals surface area contributed by atoms with Gasteiger partial charge in [0, 0.05) is 5.47 Å². The Bertz CT molecular complexity index is 1470. The lowest BCUT2D eigenvalue weighted by atomic mass is 9.77. The topological polar surface area (TPSA) is 132 Å². The summed E-state index contributed by atoms with van der Waals surface area (Å²) in [4.78, 5) is 24.2. The van der Waals surface area contributed by atoms with Gasteiger partial charge < -0.3 is 34.1 Å². The van der Waals surface area contributed by atoms with Crippen LogP contribution in [-0.4, -0.2) is 48.4 Å². The summed E-state index contributed by atoms with van der Waals surface area (Å²) >= 11 is 0. The molecule has 0 spiro atoms. The van der Waals surface area contributed by atoms with E-state index >= 15 is 0 Å². The molecule has 0 bridgehead atoms. The number of fused-ring (bicyclic) bond motifs is 1. The number of aromatic hydroxyl groups is 2. The van der Waals surface area contributed by atoms with Crippen molar-refractivity contribution in [3.05, 3.63) is 95.0 Å². The SMILES string of the molecule is COc1cc(/C=C/C(=O)/C=C(/C=C/c2ccc(O)c(OC)c2)B2Oc3ccc(C(=O)O)cc3O2)ccc1O. The van der Waals surface area contributed by atoms with Crippen molar-refractivity contribution in [3.63, 3.8) is 0 Å². The summed E-state index contributed by atoms with van der Waals surface area (Å²) in [5.74, 6) is -0.395. The molecule has 0 atom stereocenters. The van der Waals surface area contributed by atoms with Gasteiger partial charge in [-0.1, -0.05) is 30.4 Å². The minimum Gasteiger partial charge on any atom is -0.519 e. The van der Waals surface area contributed by atoms with Crippen molar-refractivity contribution in [3.8, 4) is 34.5 Å². The number of benzene rings is 3. The van der Waals surface area contributed by atoms with Crippen LogP contribution >= 0.6 is 0 Å². The summed E-state index contributed by atoms with van der Waals surface area (Å²) in [5, 5.41) is 28.9. The van der Waals surface area contributed by atoms with E-state index in [1.807, 2.05) is 0 Å². The third kappa shape index (κ3) is 5.99. The summed E-state index contributed by atoms with van der Waals surface area (Å²) in [7, 11) is 1.85. The normalized spacial score (nSPS) is 12.8. The van der Waals surface area contributed by atoms with Gasteiger partial charge in [0.25, 0.3) is 0 Å². The number of allylic oxidation sites excluding steroid dienone is 4. The second-order valence-electron chi connectivity index (χ2n) is 8.11. The predicted molar refractivity (Wildman–Crippen MR) is 141 cm³/mol. The molecule has 38 heavy (non-hydrogen) atoms. The first kappa shape index (κ1) is 26.0. The van der Waals surface area contributed by atoms with E-state index in [9.17, 15) is 24.9 Å². The fourth-order valence-electron chi connectivity index (χ4n) is 3.60. The molecule has 0 amide bonds. The van der Waals surface area contributed by atoms with Crippen molar-refractivity contribution in [1.29, 1.82) is 0 Å². The molecular weight excluding hydrogens is 491 g/mol. The van der Waals surface area contributed by atoms with Crippen LogP contribution in [0.25, 0.3) is 12.2 Å². The van der Waals surface area contributed by atoms with Crippen molar-refractivity contribution < 1.29 is 43.7 Å². The number of carbonyl (C=O) groups is 2. The number of methoxy groups -OCH3 is 2. The molecule has 0 aliphatic carbocycles. The van der Waals surface area contributed by atoms with Crippen LogP contribution in [0.1, 0.15) is 21.5 Å². The number of carboxylic acid groups (broad SMARTS) is 1. The van der Waals surface area contributed by atoms with E-state index < -0.39 is 13.1 Å². The number of phenols is 2. The smallest absolute Gasteiger partial charge is 0.519 e. The van der Waals surface area contributed by atoms with E-state index in [0.717, 1.165) is 0 Å². The molecule has 0 saturated carbocycles. The molecule has 0 aromatic heterocycles. The molecule has 1 aliphatic rings. The number of rotatable bonds is 9. The lowest BCUT2D eigenvalue weighted by Crippen LogP contribution is -2.27. The highest BCUT2D eigenvalue weighted by Gasteiger charge is 2.35. The molecule has 0 radical (unpaired) electrons. The zero-order valence-electron chi connectivity index (χ0n) is 20.5. The van der Waals surface area contributed by atoms with Crippen LogP contribution < -0.4 is 18.8 Å². The van der Waals surface area contributed by atoms with Crippen LogP contribution in [0.4, 0.5) is 0 Å². The summed E-state index contributed by atoms with van der Waals surface area (Å²) in [6.07, 6.45) is 7.55. The molecule has 9 nitrogen and oxygen atoms in total. The number of carbonyl (C=O) groups excluding carboxylic acids is 1. The largest absolute Gasteiger partial charge is 0.632 e. The first-order valence-corrected chi connectivity index (χ1v) is 11.3. The van der Waals surface area contributed by atoms with E-state index in [2.05, 4.69) is 0 Å². The van der Waals surface area contributed by atoms with Crippen LogP contribution in [0.15, 0.2) is 78.3 Å². The van der Waals surface area contributed by atoms with Gasteiger partial charge in [0.2, 0.25) is 0 Å². The van der Waals surface area contributed by atoms with Gasteiger partial charge in [-0.3, -0.25) is 4.79 Å². The van der Waals surface area contributed by atoms with Crippen LogP contribution in [0, 0.1) is 0 Å². The average molecular weight is 514 g/mol. The number of phenolic OH excluding ortho intramolecular Hbond substituents is 2. The van der Waals surface area contributed by atoms with Gasteiger partial charge in [-0.2, -0.15) is 0 Å². The van der Waals surface area contributed by atoms with E-state index in [1.165, 1.54) is 56.7 Å². The highest BCUT2D eigenvalue weighted by Crippen LogP contribution is 2.36. The Morgan fingerprint density at radius 1 is 0.789 bits per heavy atom. The van der Waals surface area contributed by atoms with Crippen LogP contribution in [0.3, 0.4) is 0 Å². The van der Waals surface area contributed by atoms with Crippen molar-refractivity contribution >= 4 is 31.0 Å². The number of hydrogen-bond acceptors (Lipinski definition) is 8. The summed E-state index contributed by atoms with van der Waals surface area (Å²) < 4.78 is 21.9. The maximum atomic E-state index is 12.9. The Labute approximate surface area is 218 Å². The van der Waals surface area contributed by atoms with Gasteiger partial charge in [0.15, 0.2) is 28.8 Å². The van der Waals surface area contributed by atoms with E-state index in [4.69, 9.17) is 18.8 Å². The first-order chi connectivity index (χ1) is 18.3. The number of aromatic carboxylic acids is 1. The fourth-order valence-corrected chi connectivity index (χ4v) is 3.60. The predicted octanol–water partition coefficient (Wildman–Crippen LogP) is 4.53. The lowest BCUT2D eigenvalue weighted by molar-refractivity contribution is -0.110. The maximum Gasteiger partial charge on any atom is 0.632 e. The second-order valence-corrected chi connectivity index (χ2v) is 8.11. The van der Waals surface area contributed by atoms with Crippen molar-refractivity contribution in [2.45, 2.75) is 0 Å². The molecule has 0 saturated heterocycles. The van der Waals surface area contributed by atoms with Gasteiger partial charge in [-0.25, -0.2) is 4.79 Å². The standard InChI is InChI=1S/C28H23BO9/c1-35-25-13-17(5-10-22(25)31)3-8-20(29-37-24-12-7-19(28(33)34)15-27(24)38-29)16-21(30)9-4-18-6-11-23(32)26(14-18)36-2/h3-16,31-32H,1-2H3,(H,33,34)/b8-3+,9-4+,20-16-. The molecule has 10 heteroatoms. The van der Waals surface area contributed by atoms with Crippen molar-refractivity contribution in [2.24, 2.45) is 0 Å². The summed E-state index contributed by atoms with van der Waals surface area (Å²) in [6, 6.07) is 13.7. The Morgan fingerprint density at radius 3 is 1.95 bits per heavy atom. The third-order valence-electron chi connectivity index (χ3n) is 5.56. The summed E-state index contributed by atoms with van der Waals surface area (Å²) in [5.41, 5.74) is 1.70. The average Bonchev–Trinajstić information content (AvgIpc) is 3.34. The molecule has 0 fully saturated rings. The number of ketones is 1. The van der Waals surface area contributed by atoms with Crippen molar-refractivity contribution in [2.75, 3.05) is 14.2 Å². The zero-order chi connectivity index (χ0) is 27.2. The highest BCUT2D eigenvalue weighted by molar-refractivity contribution is 6.58. The Kier molecular flexibility index (Phi) is 7.72. The van der Waals surface area contributed by atoms with Gasteiger partial charge in [0.05, 0.1) is 19.8 Å². The van der Waals surface area contributed by atoms with Crippen LogP contribution in [-0.2, 0) is 4.79 Å². The zero-order valence-corrected chi connectivity index (χ0v) is 20.5. The second kappa shape index (κ2) is 11.3. The van der Waals surface area contributed by atoms with Gasteiger partial charge in [0.1, 0.15) is 11.5 Å². The van der Waals surface area contributed by atoms with E-state index in [1.54, 1.807) is 42.5 Å². The van der Waals surface area contributed by atoms with Gasteiger partial charge >= 0.3 is 13.1 Å². The van der Waals surface area contributed by atoms with Gasteiger partial charge in [-0.15, -0.1) is 0 Å². The third-order valence-corrected chi connectivity index (χ3v) is 5.56. The monoisotopic (exact) mass is 514 g/mol. The van der Waals surface area contributed by atoms with Crippen molar-refractivity contribution in [1.82, 2.24) is 0 Å². The number of hydrogen-bond donors (Lipinski definition) is 3. The summed E-state index contributed by atoms with van der Waals surface area (Å²) in [6.45, 7) is 0. The number of ether oxygens (including phenoxy) is 2. The van der Waals surface area contributed by atoms with Crippen LogP contribution in [0.5, 0.6) is 34.5 Å². The van der Waals surface area contributed by atoms with E-state index in [0.29, 0.717) is 22.3 Å².